The van der Waals surface area contributed by atoms with Crippen LogP contribution in [0.15, 0.2) is 97.2 Å². The summed E-state index contributed by atoms with van der Waals surface area (Å²) in [5.41, 5.74) is 0. The predicted molar refractivity (Wildman–Crippen MR) is 289 cm³/mol. The second-order valence-electron chi connectivity index (χ2n) is 19.1. The van der Waals surface area contributed by atoms with Gasteiger partial charge >= 0.3 is 17.9 Å². The molecule has 68 heavy (non-hydrogen) atoms. The summed E-state index contributed by atoms with van der Waals surface area (Å²) in [6.07, 6.45) is 67.4. The monoisotopic (exact) mass is 949 g/mol. The molecule has 0 radical (unpaired) electrons. The van der Waals surface area contributed by atoms with E-state index in [1.807, 2.05) is 21.1 Å². The third-order valence-corrected chi connectivity index (χ3v) is 11.7. The molecule has 0 fully saturated rings. The maximum absolute atomic E-state index is 12.8. The lowest BCUT2D eigenvalue weighted by molar-refractivity contribution is -0.887. The average Bonchev–Trinajstić information content (AvgIpc) is 3.30. The first-order valence-electron chi connectivity index (χ1n) is 27.3. The van der Waals surface area contributed by atoms with E-state index in [-0.39, 0.29) is 36.2 Å². The molecule has 0 aliphatic rings. The number of esters is 2. The minimum Gasteiger partial charge on any atom is -0.477 e. The Morgan fingerprint density at radius 3 is 1.22 bits per heavy atom. The fourth-order valence-electron chi connectivity index (χ4n) is 7.54. The van der Waals surface area contributed by atoms with Crippen molar-refractivity contribution in [2.24, 2.45) is 0 Å². The summed E-state index contributed by atoms with van der Waals surface area (Å²) in [5, 5.41) is 9.67. The molecule has 0 saturated heterocycles. The van der Waals surface area contributed by atoms with Crippen molar-refractivity contribution in [3.63, 3.8) is 0 Å². The van der Waals surface area contributed by atoms with Crippen LogP contribution >= 0.6 is 0 Å². The van der Waals surface area contributed by atoms with Gasteiger partial charge in [-0.2, -0.15) is 0 Å². The van der Waals surface area contributed by atoms with Crippen molar-refractivity contribution in [1.29, 1.82) is 0 Å². The van der Waals surface area contributed by atoms with Crippen LogP contribution in [0.4, 0.5) is 0 Å². The van der Waals surface area contributed by atoms with Gasteiger partial charge in [-0.25, -0.2) is 4.79 Å². The molecule has 8 nitrogen and oxygen atoms in total. The molecule has 0 aliphatic carbocycles. The van der Waals surface area contributed by atoms with E-state index in [0.717, 1.165) is 103 Å². The number of likely N-dealkylation sites (N-methyl/N-ethyl adjacent to an activating group) is 1. The Morgan fingerprint density at radius 1 is 0.456 bits per heavy atom. The summed E-state index contributed by atoms with van der Waals surface area (Å²) < 4.78 is 17.4. The number of allylic oxidation sites excluding steroid dienone is 16. The fourth-order valence-corrected chi connectivity index (χ4v) is 7.54. The number of rotatable bonds is 48. The maximum Gasteiger partial charge on any atom is 0.362 e. The maximum atomic E-state index is 12.8. The molecule has 0 amide bonds. The lowest BCUT2D eigenvalue weighted by atomic mass is 10.1. The smallest absolute Gasteiger partial charge is 0.362 e. The van der Waals surface area contributed by atoms with Crippen LogP contribution in [0.25, 0.3) is 0 Å². The Morgan fingerprint density at radius 2 is 0.824 bits per heavy atom. The summed E-state index contributed by atoms with van der Waals surface area (Å²) >= 11 is 0. The van der Waals surface area contributed by atoms with Gasteiger partial charge in [0.05, 0.1) is 34.4 Å². The third kappa shape index (κ3) is 47.3. The van der Waals surface area contributed by atoms with E-state index < -0.39 is 18.1 Å². The molecule has 0 heterocycles. The highest BCUT2D eigenvalue weighted by Gasteiger charge is 2.31. The lowest BCUT2D eigenvalue weighted by Gasteiger charge is -2.31. The molecule has 2 unspecified atom stereocenters. The number of hydrogen-bond donors (Lipinski definition) is 1. The van der Waals surface area contributed by atoms with E-state index >= 15 is 0 Å². The van der Waals surface area contributed by atoms with Crippen molar-refractivity contribution >= 4 is 17.9 Å². The van der Waals surface area contributed by atoms with Gasteiger partial charge in [0.25, 0.3) is 0 Å². The first-order chi connectivity index (χ1) is 33.1. The Kier molecular flexibility index (Phi) is 46.9. The van der Waals surface area contributed by atoms with Gasteiger partial charge < -0.3 is 23.8 Å². The first-order valence-corrected chi connectivity index (χ1v) is 27.3. The zero-order chi connectivity index (χ0) is 49.9. The molecule has 388 valence electrons. The van der Waals surface area contributed by atoms with E-state index in [1.165, 1.54) is 77.0 Å². The van der Waals surface area contributed by atoms with Crippen molar-refractivity contribution < 1.29 is 38.2 Å². The Labute approximate surface area is 417 Å². The van der Waals surface area contributed by atoms with Crippen LogP contribution in [0.3, 0.4) is 0 Å². The Balaban J connectivity index is 4.27. The Bertz CT molecular complexity index is 1430. The number of carbonyl (C=O) groups excluding carboxylic acids is 2. The van der Waals surface area contributed by atoms with Crippen LogP contribution in [-0.4, -0.2) is 80.6 Å². The van der Waals surface area contributed by atoms with Crippen LogP contribution < -0.4 is 0 Å². The highest BCUT2D eigenvalue weighted by Crippen LogP contribution is 2.15. The molecule has 2 atom stereocenters. The summed E-state index contributed by atoms with van der Waals surface area (Å²) in [4.78, 5) is 37.3. The molecule has 0 bridgehead atoms. The minimum atomic E-state index is -0.881. The number of carboxylic acids is 1. The standard InChI is InChI=1S/C60H101NO7/c1-6-8-10-12-14-16-18-20-22-24-26-28-30-32-34-36-38-40-42-44-46-48-50-58(62)67-55-56(54-66-53-52-57(60(64)65)61(3,4)5)68-59(63)51-49-47-45-43-41-39-37-35-33-31-29-27-25-23-21-19-17-15-13-11-9-7-2/h8,10,14-17,20-23,26-29,32,34,56-57H,6-7,9,11-13,18-19,24-25,30-31,33,35-55H2,1-5H3/p+1/b10-8+,16-14+,17-15+,22-20+,23-21+,28-26+,29-27+,34-32+. The van der Waals surface area contributed by atoms with E-state index in [2.05, 4.69) is 111 Å². The van der Waals surface area contributed by atoms with Gasteiger partial charge in [0.2, 0.25) is 0 Å². The number of nitrogens with zero attached hydrogens (tertiary/aromatic N) is 1. The second-order valence-corrected chi connectivity index (χ2v) is 19.1. The normalized spacial score (nSPS) is 13.6. The quantitative estimate of drug-likeness (QED) is 0.0281. The van der Waals surface area contributed by atoms with Crippen molar-refractivity contribution in [3.05, 3.63) is 97.2 Å². The topological polar surface area (TPSA) is 99.1 Å². The van der Waals surface area contributed by atoms with Crippen molar-refractivity contribution in [2.45, 2.75) is 225 Å². The summed E-state index contributed by atoms with van der Waals surface area (Å²) in [6, 6.07) is -0.624. The van der Waals surface area contributed by atoms with Gasteiger partial charge in [-0.1, -0.05) is 195 Å². The van der Waals surface area contributed by atoms with Crippen LogP contribution in [0.1, 0.15) is 213 Å². The molecular weight excluding hydrogens is 847 g/mol. The predicted octanol–water partition coefficient (Wildman–Crippen LogP) is 16.2. The zero-order valence-electron chi connectivity index (χ0n) is 44.3. The first kappa shape index (κ1) is 64.2. The average molecular weight is 949 g/mol. The molecule has 0 aliphatic heterocycles. The van der Waals surface area contributed by atoms with Crippen LogP contribution in [0, 0.1) is 0 Å². The van der Waals surface area contributed by atoms with Gasteiger partial charge in [0, 0.05) is 19.3 Å². The van der Waals surface area contributed by atoms with Gasteiger partial charge in [-0.05, 0) is 96.3 Å². The molecule has 0 saturated carbocycles. The van der Waals surface area contributed by atoms with Crippen LogP contribution in [0.5, 0.6) is 0 Å². The number of quaternary nitrogens is 1. The van der Waals surface area contributed by atoms with E-state index in [0.29, 0.717) is 19.3 Å². The highest BCUT2D eigenvalue weighted by molar-refractivity contribution is 5.72. The van der Waals surface area contributed by atoms with Crippen molar-refractivity contribution in [2.75, 3.05) is 41.0 Å². The number of ether oxygens (including phenoxy) is 3. The highest BCUT2D eigenvalue weighted by atomic mass is 16.6. The molecule has 0 spiro atoms. The molecule has 1 N–H and O–H groups in total. The number of hydrogen-bond acceptors (Lipinski definition) is 6. The van der Waals surface area contributed by atoms with Crippen molar-refractivity contribution in [1.82, 2.24) is 0 Å². The minimum absolute atomic E-state index is 0.0487. The van der Waals surface area contributed by atoms with Crippen LogP contribution in [-0.2, 0) is 28.6 Å². The van der Waals surface area contributed by atoms with E-state index in [1.54, 1.807) is 0 Å². The van der Waals surface area contributed by atoms with Gasteiger partial charge in [-0.15, -0.1) is 0 Å². The summed E-state index contributed by atoms with van der Waals surface area (Å²) in [6.45, 7) is 4.58. The lowest BCUT2D eigenvalue weighted by Crippen LogP contribution is -2.50. The molecule has 0 rings (SSSR count). The van der Waals surface area contributed by atoms with E-state index in [9.17, 15) is 19.5 Å². The summed E-state index contributed by atoms with van der Waals surface area (Å²) in [5.74, 6) is -1.50. The number of unbranched alkanes of at least 4 members (excludes halogenated alkanes) is 18. The molecule has 8 heteroatoms. The largest absolute Gasteiger partial charge is 0.477 e. The number of carboxylic acid groups (broad SMARTS) is 1. The van der Waals surface area contributed by atoms with Crippen molar-refractivity contribution in [3.8, 4) is 0 Å². The Hall–Kier alpha value is -3.75. The molecule has 0 aromatic rings. The second kappa shape index (κ2) is 49.7. The fraction of sp³-hybridized carbons (Fsp3) is 0.683. The number of aliphatic carboxylic acids is 1. The zero-order valence-corrected chi connectivity index (χ0v) is 44.3. The van der Waals surface area contributed by atoms with Crippen LogP contribution in [0.2, 0.25) is 0 Å². The SMILES string of the molecule is CC/C=C/C/C=C/C/C=C/C/C=C/C/C=C/CCCCCCCCC(=O)OCC(COCCC(C(=O)O)[N+](C)(C)C)OC(=O)CCCCCCCCCCC/C=C/C/C=C/C/C=C/CCCCC. The molecule has 0 aromatic heterocycles. The van der Waals surface area contributed by atoms with Gasteiger partial charge in [-0.3, -0.25) is 9.59 Å². The number of carbonyl (C=O) groups is 3. The van der Waals surface area contributed by atoms with Gasteiger partial charge in [0.1, 0.15) is 6.61 Å². The van der Waals surface area contributed by atoms with Gasteiger partial charge in [0.15, 0.2) is 12.1 Å². The van der Waals surface area contributed by atoms with E-state index in [4.69, 9.17) is 14.2 Å². The molecular formula is C60H102NO7+. The third-order valence-electron chi connectivity index (χ3n) is 11.7. The molecule has 0 aromatic carbocycles. The summed E-state index contributed by atoms with van der Waals surface area (Å²) in [7, 11) is 5.53.